The van der Waals surface area contributed by atoms with Gasteiger partial charge in [0.05, 0.1) is 24.1 Å². The minimum atomic E-state index is -0.200. The molecular weight excluding hydrogens is 344 g/mol. The second-order valence-corrected chi connectivity index (χ2v) is 7.12. The van der Waals surface area contributed by atoms with E-state index in [0.717, 1.165) is 29.7 Å². The van der Waals surface area contributed by atoms with Crippen molar-refractivity contribution in [3.63, 3.8) is 0 Å². The van der Waals surface area contributed by atoms with Gasteiger partial charge in [-0.3, -0.25) is 0 Å². The fourth-order valence-corrected chi connectivity index (χ4v) is 3.59. The van der Waals surface area contributed by atoms with E-state index in [4.69, 9.17) is 4.52 Å². The molecule has 0 aliphatic heterocycles. The summed E-state index contributed by atoms with van der Waals surface area (Å²) in [6, 6.07) is 7.73. The number of carbonyl (C=O) groups is 1. The van der Waals surface area contributed by atoms with Crippen LogP contribution in [0, 0.1) is 0 Å². The molecule has 8 heteroatoms. The Morgan fingerprint density at radius 3 is 2.85 bits per heavy atom. The summed E-state index contributed by atoms with van der Waals surface area (Å²) in [6.07, 6.45) is 4.64. The average molecular weight is 368 g/mol. The van der Waals surface area contributed by atoms with Crippen LogP contribution in [0.4, 0.5) is 4.79 Å². The normalized spacial score (nSPS) is 14.7. The number of imidazole rings is 1. The van der Waals surface area contributed by atoms with Crippen molar-refractivity contribution >= 4 is 17.1 Å². The van der Waals surface area contributed by atoms with Crippen LogP contribution in [0.25, 0.3) is 11.0 Å². The minimum absolute atomic E-state index is 0.200. The molecule has 2 amide bonds. The van der Waals surface area contributed by atoms with Crippen LogP contribution >= 0.6 is 0 Å². The predicted molar refractivity (Wildman–Crippen MR) is 99.9 cm³/mol. The van der Waals surface area contributed by atoms with Gasteiger partial charge in [-0.25, -0.2) is 9.78 Å². The molecule has 2 aromatic heterocycles. The van der Waals surface area contributed by atoms with Gasteiger partial charge in [-0.1, -0.05) is 30.1 Å². The molecule has 1 N–H and O–H groups in total. The number of aromatic nitrogens is 4. The SMILES string of the molecule is CN(Cc1nc2ccccc2n1C)C(=O)NCc1noc(C2CCCC2)n1. The minimum Gasteiger partial charge on any atom is -0.339 e. The van der Waals surface area contributed by atoms with Gasteiger partial charge in [0.15, 0.2) is 5.82 Å². The third kappa shape index (κ3) is 3.65. The van der Waals surface area contributed by atoms with Gasteiger partial charge in [0, 0.05) is 20.0 Å². The van der Waals surface area contributed by atoms with E-state index in [2.05, 4.69) is 20.4 Å². The zero-order chi connectivity index (χ0) is 18.8. The molecule has 0 atom stereocenters. The highest BCUT2D eigenvalue weighted by Gasteiger charge is 2.23. The van der Waals surface area contributed by atoms with Gasteiger partial charge in [-0.2, -0.15) is 4.98 Å². The maximum Gasteiger partial charge on any atom is 0.317 e. The molecule has 0 bridgehead atoms. The summed E-state index contributed by atoms with van der Waals surface area (Å²) < 4.78 is 7.35. The van der Waals surface area contributed by atoms with E-state index in [1.54, 1.807) is 11.9 Å². The lowest BCUT2D eigenvalue weighted by molar-refractivity contribution is 0.204. The van der Waals surface area contributed by atoms with Crippen molar-refractivity contribution in [1.29, 1.82) is 0 Å². The van der Waals surface area contributed by atoms with Crippen LogP contribution in [0.2, 0.25) is 0 Å². The number of nitrogens with zero attached hydrogens (tertiary/aromatic N) is 5. The number of hydrogen-bond donors (Lipinski definition) is 1. The quantitative estimate of drug-likeness (QED) is 0.748. The zero-order valence-electron chi connectivity index (χ0n) is 15.7. The van der Waals surface area contributed by atoms with Crippen LogP contribution in [0.1, 0.15) is 49.1 Å². The number of benzene rings is 1. The second kappa shape index (κ2) is 7.38. The molecule has 27 heavy (non-hydrogen) atoms. The number of nitrogens with one attached hydrogen (secondary N) is 1. The van der Waals surface area contributed by atoms with E-state index >= 15 is 0 Å². The fraction of sp³-hybridized carbons (Fsp3) is 0.474. The van der Waals surface area contributed by atoms with Crippen LogP contribution in [0.3, 0.4) is 0 Å². The molecule has 3 aromatic rings. The number of urea groups is 1. The van der Waals surface area contributed by atoms with E-state index in [0.29, 0.717) is 24.2 Å². The Morgan fingerprint density at radius 2 is 2.07 bits per heavy atom. The Kier molecular flexibility index (Phi) is 4.79. The largest absolute Gasteiger partial charge is 0.339 e. The molecule has 1 aliphatic rings. The van der Waals surface area contributed by atoms with Crippen molar-refractivity contribution in [2.45, 2.75) is 44.7 Å². The number of fused-ring (bicyclic) bond motifs is 1. The highest BCUT2D eigenvalue weighted by molar-refractivity contribution is 5.76. The highest BCUT2D eigenvalue weighted by Crippen LogP contribution is 2.32. The monoisotopic (exact) mass is 368 g/mol. The first-order chi connectivity index (χ1) is 13.1. The van der Waals surface area contributed by atoms with Crippen molar-refractivity contribution in [3.05, 3.63) is 41.8 Å². The van der Waals surface area contributed by atoms with Crippen LogP contribution in [0.15, 0.2) is 28.8 Å². The Bertz CT molecular complexity index is 941. The van der Waals surface area contributed by atoms with Crippen LogP contribution < -0.4 is 5.32 Å². The van der Waals surface area contributed by atoms with E-state index in [9.17, 15) is 4.79 Å². The van der Waals surface area contributed by atoms with Crippen molar-refractivity contribution in [2.24, 2.45) is 7.05 Å². The number of aryl methyl sites for hydroxylation is 1. The second-order valence-electron chi connectivity index (χ2n) is 7.12. The Balaban J connectivity index is 1.34. The van der Waals surface area contributed by atoms with Crippen molar-refractivity contribution in [2.75, 3.05) is 7.05 Å². The molecule has 142 valence electrons. The molecule has 0 spiro atoms. The Hall–Kier alpha value is -2.90. The maximum atomic E-state index is 12.4. The summed E-state index contributed by atoms with van der Waals surface area (Å²) in [5.41, 5.74) is 1.97. The average Bonchev–Trinajstić information content (AvgIpc) is 3.41. The van der Waals surface area contributed by atoms with Gasteiger partial charge in [-0.05, 0) is 25.0 Å². The number of carbonyl (C=O) groups excluding carboxylic acids is 1. The van der Waals surface area contributed by atoms with Crippen LogP contribution in [0.5, 0.6) is 0 Å². The Labute approximate surface area is 157 Å². The van der Waals surface area contributed by atoms with Gasteiger partial charge in [0.1, 0.15) is 5.82 Å². The third-order valence-electron chi connectivity index (χ3n) is 5.19. The summed E-state index contributed by atoms with van der Waals surface area (Å²) in [5, 5.41) is 6.82. The summed E-state index contributed by atoms with van der Waals surface area (Å²) in [6.45, 7) is 0.665. The lowest BCUT2D eigenvalue weighted by Gasteiger charge is -2.17. The first-order valence-electron chi connectivity index (χ1n) is 9.33. The maximum absolute atomic E-state index is 12.4. The topological polar surface area (TPSA) is 89.1 Å². The first-order valence-corrected chi connectivity index (χ1v) is 9.33. The highest BCUT2D eigenvalue weighted by atomic mass is 16.5. The van der Waals surface area contributed by atoms with Crippen LogP contribution in [-0.4, -0.2) is 37.7 Å². The number of rotatable bonds is 5. The lowest BCUT2D eigenvalue weighted by Crippen LogP contribution is -2.37. The van der Waals surface area contributed by atoms with Crippen molar-refractivity contribution in [3.8, 4) is 0 Å². The molecular formula is C19H24N6O2. The lowest BCUT2D eigenvalue weighted by atomic mass is 10.1. The molecule has 0 unspecified atom stereocenters. The smallest absolute Gasteiger partial charge is 0.317 e. The van der Waals surface area contributed by atoms with Crippen molar-refractivity contribution < 1.29 is 9.32 Å². The van der Waals surface area contributed by atoms with Gasteiger partial charge in [-0.15, -0.1) is 0 Å². The zero-order valence-corrected chi connectivity index (χ0v) is 15.7. The molecule has 1 aromatic carbocycles. The molecule has 1 aliphatic carbocycles. The first kappa shape index (κ1) is 17.5. The summed E-state index contributed by atoms with van der Waals surface area (Å²) >= 11 is 0. The fourth-order valence-electron chi connectivity index (χ4n) is 3.59. The van der Waals surface area contributed by atoms with Crippen LogP contribution in [-0.2, 0) is 20.1 Å². The van der Waals surface area contributed by atoms with Gasteiger partial charge in [0.25, 0.3) is 0 Å². The summed E-state index contributed by atoms with van der Waals surface area (Å²) in [5.74, 6) is 2.42. The molecule has 4 rings (SSSR count). The molecule has 0 radical (unpaired) electrons. The Morgan fingerprint density at radius 1 is 1.30 bits per heavy atom. The molecule has 0 saturated heterocycles. The van der Waals surface area contributed by atoms with E-state index in [-0.39, 0.29) is 12.6 Å². The summed E-state index contributed by atoms with van der Waals surface area (Å²) in [4.78, 5) is 23.0. The van der Waals surface area contributed by atoms with Gasteiger partial charge >= 0.3 is 6.03 Å². The molecule has 8 nitrogen and oxygen atoms in total. The van der Waals surface area contributed by atoms with Crippen molar-refractivity contribution in [1.82, 2.24) is 29.9 Å². The standard InChI is InChI=1S/C19H24N6O2/c1-24(12-17-21-14-9-5-6-10-15(14)25(17)2)19(26)20-11-16-22-18(27-23-16)13-7-3-4-8-13/h5-6,9-10,13H,3-4,7-8,11-12H2,1-2H3,(H,20,26). The van der Waals surface area contributed by atoms with Gasteiger partial charge in [0.2, 0.25) is 5.89 Å². The number of hydrogen-bond acceptors (Lipinski definition) is 5. The molecule has 2 heterocycles. The summed E-state index contributed by atoms with van der Waals surface area (Å²) in [7, 11) is 3.70. The predicted octanol–water partition coefficient (Wildman–Crippen LogP) is 2.96. The van der Waals surface area contributed by atoms with E-state index in [1.165, 1.54) is 12.8 Å². The molecule has 1 fully saturated rings. The van der Waals surface area contributed by atoms with E-state index < -0.39 is 0 Å². The van der Waals surface area contributed by atoms with E-state index in [1.807, 2.05) is 35.9 Å². The third-order valence-corrected chi connectivity index (χ3v) is 5.19. The number of para-hydroxylation sites is 2. The molecule has 1 saturated carbocycles. The van der Waals surface area contributed by atoms with Gasteiger partial charge < -0.3 is 19.3 Å². The number of amides is 2.